The fourth-order valence-electron chi connectivity index (χ4n) is 8.48. The molecule has 0 radical (unpaired) electrons. The van der Waals surface area contributed by atoms with E-state index in [4.69, 9.17) is 4.42 Å². The second-order valence-electron chi connectivity index (χ2n) is 13.6. The van der Waals surface area contributed by atoms with Crippen LogP contribution in [0.3, 0.4) is 0 Å². The van der Waals surface area contributed by atoms with E-state index in [0.717, 1.165) is 99.2 Å². The number of nitrogens with zero attached hydrogens (tertiary/aromatic N) is 3. The number of aromatic nitrogens is 2. The van der Waals surface area contributed by atoms with Crippen LogP contribution in [0.5, 0.6) is 0 Å². The van der Waals surface area contributed by atoms with Gasteiger partial charge in [0.15, 0.2) is 0 Å². The van der Waals surface area contributed by atoms with E-state index in [1.54, 1.807) is 0 Å². The van der Waals surface area contributed by atoms with Gasteiger partial charge in [-0.2, -0.15) is 5.26 Å². The Morgan fingerprint density at radius 1 is 0.434 bits per heavy atom. The maximum absolute atomic E-state index is 10.9. The number of fused-ring (bicyclic) bond motifs is 12. The van der Waals surface area contributed by atoms with Crippen molar-refractivity contribution in [2.24, 2.45) is 0 Å². The van der Waals surface area contributed by atoms with Gasteiger partial charge in [-0.25, -0.2) is 0 Å². The molecule has 8 aromatic carbocycles. The molecule has 0 saturated heterocycles. The molecule has 0 saturated carbocycles. The summed E-state index contributed by atoms with van der Waals surface area (Å²) >= 11 is 0. The maximum Gasteiger partial charge on any atom is 0.147 e. The van der Waals surface area contributed by atoms with E-state index in [1.807, 2.05) is 18.2 Å². The summed E-state index contributed by atoms with van der Waals surface area (Å²) in [7, 11) is 0. The Morgan fingerprint density at radius 2 is 0.981 bits per heavy atom. The zero-order valence-electron chi connectivity index (χ0n) is 28.5. The van der Waals surface area contributed by atoms with Crippen LogP contribution >= 0.6 is 0 Å². The monoisotopic (exact) mass is 675 g/mol. The van der Waals surface area contributed by atoms with E-state index in [2.05, 4.69) is 173 Å². The Hall–Kier alpha value is -7.35. The summed E-state index contributed by atoms with van der Waals surface area (Å²) in [5, 5.41) is 17.4. The molecule has 0 spiro atoms. The van der Waals surface area contributed by atoms with Gasteiger partial charge in [0.25, 0.3) is 0 Å². The van der Waals surface area contributed by atoms with Gasteiger partial charge in [-0.1, -0.05) is 127 Å². The molecule has 0 fully saturated rings. The lowest BCUT2D eigenvalue weighted by Gasteiger charge is -2.14. The first-order chi connectivity index (χ1) is 26.3. The smallest absolute Gasteiger partial charge is 0.147 e. The Kier molecular flexibility index (Phi) is 6.28. The number of para-hydroxylation sites is 4. The molecule has 246 valence electrons. The van der Waals surface area contributed by atoms with E-state index in [9.17, 15) is 5.26 Å². The maximum atomic E-state index is 10.9. The summed E-state index contributed by atoms with van der Waals surface area (Å²) in [6.07, 6.45) is 0. The number of nitriles is 1. The van der Waals surface area contributed by atoms with Gasteiger partial charge in [0.2, 0.25) is 0 Å². The van der Waals surface area contributed by atoms with Crippen molar-refractivity contribution < 1.29 is 4.42 Å². The fourth-order valence-corrected chi connectivity index (χ4v) is 8.48. The summed E-state index contributed by atoms with van der Waals surface area (Å²) in [5.41, 5.74) is 12.8. The zero-order chi connectivity index (χ0) is 35.0. The molecule has 11 rings (SSSR count). The topological polar surface area (TPSA) is 46.8 Å². The summed E-state index contributed by atoms with van der Waals surface area (Å²) in [5.74, 6) is 0. The highest BCUT2D eigenvalue weighted by molar-refractivity contribution is 6.39. The highest BCUT2D eigenvalue weighted by atomic mass is 16.3. The molecule has 0 atom stereocenters. The normalized spacial score (nSPS) is 11.8. The van der Waals surface area contributed by atoms with Crippen LogP contribution < -0.4 is 0 Å². The Labute approximate surface area is 304 Å². The molecule has 0 aliphatic carbocycles. The highest BCUT2D eigenvalue weighted by Crippen LogP contribution is 2.49. The predicted molar refractivity (Wildman–Crippen MR) is 218 cm³/mol. The predicted octanol–water partition coefficient (Wildman–Crippen LogP) is 13.0. The summed E-state index contributed by atoms with van der Waals surface area (Å²) < 4.78 is 11.6. The third-order valence-corrected chi connectivity index (χ3v) is 10.7. The molecule has 0 aliphatic rings. The number of hydrogen-bond acceptors (Lipinski definition) is 2. The molecule has 0 amide bonds. The van der Waals surface area contributed by atoms with Gasteiger partial charge in [-0.15, -0.1) is 0 Å². The van der Waals surface area contributed by atoms with Gasteiger partial charge in [-0.05, 0) is 70.8 Å². The van der Waals surface area contributed by atoms with Crippen LogP contribution in [0.15, 0.2) is 180 Å². The average molecular weight is 676 g/mol. The lowest BCUT2D eigenvalue weighted by molar-refractivity contribution is 0.673. The third-order valence-electron chi connectivity index (χ3n) is 10.7. The Balaban J connectivity index is 1.29. The Bertz CT molecular complexity index is 3280. The van der Waals surface area contributed by atoms with Gasteiger partial charge in [0.1, 0.15) is 17.2 Å². The van der Waals surface area contributed by atoms with Crippen molar-refractivity contribution in [3.8, 4) is 39.7 Å². The lowest BCUT2D eigenvalue weighted by Crippen LogP contribution is -1.99. The quantitative estimate of drug-likeness (QED) is 0.186. The first kappa shape index (κ1) is 29.4. The minimum Gasteiger partial charge on any atom is -0.455 e. The molecule has 3 heterocycles. The van der Waals surface area contributed by atoms with Crippen molar-refractivity contribution in [1.82, 2.24) is 9.13 Å². The summed E-state index contributed by atoms with van der Waals surface area (Å²) in [6.45, 7) is 0. The van der Waals surface area contributed by atoms with Crippen molar-refractivity contribution >= 4 is 65.6 Å². The van der Waals surface area contributed by atoms with Crippen LogP contribution in [0.4, 0.5) is 0 Å². The summed E-state index contributed by atoms with van der Waals surface area (Å²) in [6, 6.07) is 63.9. The van der Waals surface area contributed by atoms with Crippen LogP contribution in [-0.4, -0.2) is 9.13 Å². The third kappa shape index (κ3) is 4.22. The molecular weight excluding hydrogens is 647 g/mol. The van der Waals surface area contributed by atoms with Gasteiger partial charge < -0.3 is 13.6 Å². The van der Waals surface area contributed by atoms with E-state index >= 15 is 0 Å². The fraction of sp³-hybridized carbons (Fsp3) is 0. The molecule has 0 bridgehead atoms. The molecule has 0 unspecified atom stereocenters. The number of hydrogen-bond donors (Lipinski definition) is 0. The first-order valence-corrected chi connectivity index (χ1v) is 17.8. The van der Waals surface area contributed by atoms with Crippen LogP contribution in [0.1, 0.15) is 5.56 Å². The van der Waals surface area contributed by atoms with Crippen molar-refractivity contribution in [3.05, 3.63) is 181 Å². The Morgan fingerprint density at radius 3 is 1.74 bits per heavy atom. The zero-order valence-corrected chi connectivity index (χ0v) is 28.5. The van der Waals surface area contributed by atoms with Crippen LogP contribution in [0.2, 0.25) is 0 Å². The molecular formula is C49H29N3O. The van der Waals surface area contributed by atoms with Gasteiger partial charge >= 0.3 is 0 Å². The van der Waals surface area contributed by atoms with Crippen molar-refractivity contribution in [2.45, 2.75) is 0 Å². The summed E-state index contributed by atoms with van der Waals surface area (Å²) in [4.78, 5) is 0. The first-order valence-electron chi connectivity index (χ1n) is 17.8. The number of rotatable bonds is 4. The van der Waals surface area contributed by atoms with Crippen molar-refractivity contribution in [2.75, 3.05) is 0 Å². The van der Waals surface area contributed by atoms with E-state index in [-0.39, 0.29) is 0 Å². The lowest BCUT2D eigenvalue weighted by atomic mass is 9.97. The molecule has 11 aromatic rings. The van der Waals surface area contributed by atoms with Crippen LogP contribution in [0.25, 0.3) is 99.2 Å². The van der Waals surface area contributed by atoms with Crippen molar-refractivity contribution in [1.29, 1.82) is 5.26 Å². The number of furan rings is 1. The minimum absolute atomic E-state index is 0.597. The van der Waals surface area contributed by atoms with E-state index in [1.165, 1.54) is 0 Å². The molecule has 0 aliphatic heterocycles. The molecule has 0 N–H and O–H groups in total. The van der Waals surface area contributed by atoms with Crippen molar-refractivity contribution in [3.63, 3.8) is 0 Å². The second kappa shape index (κ2) is 11.3. The van der Waals surface area contributed by atoms with E-state index in [0.29, 0.717) is 5.56 Å². The molecule has 4 heteroatoms. The molecule has 4 nitrogen and oxygen atoms in total. The van der Waals surface area contributed by atoms with Gasteiger partial charge in [0.05, 0.1) is 44.1 Å². The van der Waals surface area contributed by atoms with Crippen LogP contribution in [0, 0.1) is 11.3 Å². The minimum atomic E-state index is 0.597. The van der Waals surface area contributed by atoms with Gasteiger partial charge in [-0.3, -0.25) is 0 Å². The second-order valence-corrected chi connectivity index (χ2v) is 13.6. The number of benzene rings is 8. The SMILES string of the molecule is N#Cc1cc(-c2cccc(-c3ccccc3)c2)ccc1-n1c2ccccc2c2c3oc4ccccc4c3c3c(c4ccccc4n3-c3ccccc3)c21. The standard InChI is InChI=1S/C49H29N3O/c50-30-35-29-34(33-17-13-16-32(28-33)31-14-3-1-4-15-31)26-27-40(35)52-42-24-11-8-21-38(42)45-48(52)44-37-20-7-10-23-41(37)51(36-18-5-2-6-19-36)47(44)46-39-22-9-12-25-43(39)53-49(45)46/h1-29H. The van der Waals surface area contributed by atoms with E-state index < -0.39 is 0 Å². The molecule has 53 heavy (non-hydrogen) atoms. The average Bonchev–Trinajstić information content (AvgIpc) is 3.89. The highest BCUT2D eigenvalue weighted by Gasteiger charge is 2.28. The van der Waals surface area contributed by atoms with Gasteiger partial charge in [0, 0.05) is 27.2 Å². The van der Waals surface area contributed by atoms with Crippen LogP contribution in [-0.2, 0) is 0 Å². The largest absolute Gasteiger partial charge is 0.455 e. The molecule has 3 aromatic heterocycles.